The minimum atomic E-state index is -2.10. The number of carbonyl (C=O) groups is 2. The number of benzene rings is 1. The van der Waals surface area contributed by atoms with Crippen LogP contribution >= 0.6 is 0 Å². The first-order chi connectivity index (χ1) is 10.0. The van der Waals surface area contributed by atoms with Crippen LogP contribution in [0.5, 0.6) is 0 Å². The van der Waals surface area contributed by atoms with Gasteiger partial charge in [-0.2, -0.15) is 0 Å². The van der Waals surface area contributed by atoms with E-state index in [0.717, 1.165) is 6.07 Å². The lowest BCUT2D eigenvalue weighted by molar-refractivity contribution is -0.163. The van der Waals surface area contributed by atoms with Gasteiger partial charge >= 0.3 is 11.9 Å². The number of hydrogen-bond acceptors (Lipinski definition) is 4. The number of esters is 1. The Morgan fingerprint density at radius 1 is 1.24 bits per heavy atom. The van der Waals surface area contributed by atoms with Gasteiger partial charge in [-0.25, -0.2) is 4.39 Å². The molecule has 0 aliphatic heterocycles. The minimum absolute atomic E-state index is 0.00987. The molecule has 0 bridgehead atoms. The van der Waals surface area contributed by atoms with Crippen LogP contribution in [-0.2, 0) is 24.5 Å². The Hall–Kier alpha value is -1.95. The highest BCUT2D eigenvalue weighted by Crippen LogP contribution is 2.32. The van der Waals surface area contributed by atoms with E-state index < -0.39 is 23.2 Å². The molecule has 21 heavy (non-hydrogen) atoms. The molecule has 0 aliphatic carbocycles. The third-order valence-electron chi connectivity index (χ3n) is 3.15. The van der Waals surface area contributed by atoms with Crippen LogP contribution in [0, 0.1) is 5.82 Å². The second-order valence-electron chi connectivity index (χ2n) is 4.36. The number of carbonyl (C=O) groups excluding carboxylic acids is 1. The van der Waals surface area contributed by atoms with Crippen LogP contribution in [0.2, 0.25) is 0 Å². The van der Waals surface area contributed by atoms with Gasteiger partial charge in [-0.1, -0.05) is 18.2 Å². The minimum Gasteiger partial charge on any atom is -0.480 e. The second-order valence-corrected chi connectivity index (χ2v) is 4.36. The van der Waals surface area contributed by atoms with E-state index in [0.29, 0.717) is 6.61 Å². The lowest BCUT2D eigenvalue weighted by Crippen LogP contribution is -2.46. The molecule has 0 saturated carbocycles. The van der Waals surface area contributed by atoms with Crippen LogP contribution in [0.25, 0.3) is 0 Å². The molecule has 0 fully saturated rings. The van der Waals surface area contributed by atoms with Crippen LogP contribution in [0.1, 0.15) is 25.8 Å². The summed E-state index contributed by atoms with van der Waals surface area (Å²) in [6.07, 6.45) is -0.198. The molecule has 0 spiro atoms. The van der Waals surface area contributed by atoms with Crippen LogP contribution in [-0.4, -0.2) is 36.9 Å². The van der Waals surface area contributed by atoms with Crippen molar-refractivity contribution < 1.29 is 28.6 Å². The molecule has 1 N–H and O–H groups in total. The van der Waals surface area contributed by atoms with Crippen molar-refractivity contribution in [3.05, 3.63) is 35.6 Å². The van der Waals surface area contributed by atoms with E-state index >= 15 is 0 Å². The summed E-state index contributed by atoms with van der Waals surface area (Å²) < 4.78 is 24.0. The zero-order valence-electron chi connectivity index (χ0n) is 12.1. The average Bonchev–Trinajstić information content (AvgIpc) is 2.44. The second kappa shape index (κ2) is 7.73. The Labute approximate surface area is 122 Å². The topological polar surface area (TPSA) is 72.8 Å². The van der Waals surface area contributed by atoms with E-state index in [1.54, 1.807) is 13.8 Å². The van der Waals surface area contributed by atoms with Crippen LogP contribution in [0.4, 0.5) is 4.39 Å². The van der Waals surface area contributed by atoms with Gasteiger partial charge in [-0.15, -0.1) is 0 Å². The number of rotatable bonds is 8. The third-order valence-corrected chi connectivity index (χ3v) is 3.15. The Kier molecular flexibility index (Phi) is 6.30. The lowest BCUT2D eigenvalue weighted by Gasteiger charge is -2.27. The molecule has 1 rings (SSSR count). The fourth-order valence-electron chi connectivity index (χ4n) is 2.09. The summed E-state index contributed by atoms with van der Waals surface area (Å²) in [6, 6.07) is 5.31. The molecule has 0 aromatic heterocycles. The maximum Gasteiger partial charge on any atom is 0.328 e. The molecule has 1 unspecified atom stereocenters. The smallest absolute Gasteiger partial charge is 0.328 e. The van der Waals surface area contributed by atoms with Crippen molar-refractivity contribution in [1.29, 1.82) is 0 Å². The summed E-state index contributed by atoms with van der Waals surface area (Å²) >= 11 is 0. The standard InChI is InChI=1S/C15H19FO5/c1-3-20-10-9-15(13(17)18,14(19)21-4-2)11-7-5-6-8-12(11)16/h5-8H,3-4,9-10H2,1-2H3,(H,17,18). The number of carboxylic acids is 1. The zero-order chi connectivity index (χ0) is 15.9. The highest BCUT2D eigenvalue weighted by atomic mass is 19.1. The lowest BCUT2D eigenvalue weighted by atomic mass is 9.77. The first-order valence-corrected chi connectivity index (χ1v) is 6.74. The molecule has 0 aliphatic rings. The summed E-state index contributed by atoms with van der Waals surface area (Å²) in [5.41, 5.74) is -2.31. The van der Waals surface area contributed by atoms with E-state index in [1.165, 1.54) is 18.2 Å². The molecule has 6 heteroatoms. The van der Waals surface area contributed by atoms with Gasteiger partial charge in [0, 0.05) is 25.2 Å². The predicted molar refractivity (Wildman–Crippen MR) is 73.5 cm³/mol. The van der Waals surface area contributed by atoms with E-state index in [4.69, 9.17) is 9.47 Å². The van der Waals surface area contributed by atoms with Crippen molar-refractivity contribution in [2.24, 2.45) is 0 Å². The Morgan fingerprint density at radius 2 is 1.90 bits per heavy atom. The van der Waals surface area contributed by atoms with Crippen molar-refractivity contribution in [1.82, 2.24) is 0 Å². The van der Waals surface area contributed by atoms with Crippen LogP contribution in [0.3, 0.4) is 0 Å². The summed E-state index contributed by atoms with van der Waals surface area (Å²) in [6.45, 7) is 3.70. The SMILES string of the molecule is CCOCCC(C(=O)O)(C(=O)OCC)c1ccccc1F. The molecule has 0 radical (unpaired) electrons. The van der Waals surface area contributed by atoms with Gasteiger partial charge in [-0.3, -0.25) is 9.59 Å². The van der Waals surface area contributed by atoms with E-state index in [9.17, 15) is 19.1 Å². The predicted octanol–water partition coefficient (Wildman–Crippen LogP) is 2.14. The first kappa shape index (κ1) is 17.1. The molecule has 1 aromatic carbocycles. The van der Waals surface area contributed by atoms with E-state index in [2.05, 4.69) is 0 Å². The van der Waals surface area contributed by atoms with Gasteiger partial charge in [0.15, 0.2) is 5.41 Å². The number of halogens is 1. The molecular weight excluding hydrogens is 279 g/mol. The van der Waals surface area contributed by atoms with Crippen LogP contribution in [0.15, 0.2) is 24.3 Å². The Balaban J connectivity index is 3.33. The molecular formula is C15H19FO5. The van der Waals surface area contributed by atoms with Gasteiger partial charge in [0.2, 0.25) is 0 Å². The number of aliphatic carboxylic acids is 1. The largest absolute Gasteiger partial charge is 0.480 e. The average molecular weight is 298 g/mol. The van der Waals surface area contributed by atoms with Gasteiger partial charge in [-0.05, 0) is 19.9 Å². The van der Waals surface area contributed by atoms with Gasteiger partial charge in [0.1, 0.15) is 5.82 Å². The van der Waals surface area contributed by atoms with Crippen LogP contribution < -0.4 is 0 Å². The summed E-state index contributed by atoms with van der Waals surface area (Å²) in [7, 11) is 0. The van der Waals surface area contributed by atoms with Gasteiger partial charge < -0.3 is 14.6 Å². The molecule has 0 amide bonds. The highest BCUT2D eigenvalue weighted by Gasteiger charge is 2.50. The zero-order valence-corrected chi connectivity index (χ0v) is 12.1. The Morgan fingerprint density at radius 3 is 2.43 bits per heavy atom. The van der Waals surface area contributed by atoms with Crippen molar-refractivity contribution in [3.8, 4) is 0 Å². The van der Waals surface area contributed by atoms with Crippen molar-refractivity contribution in [3.63, 3.8) is 0 Å². The summed E-state index contributed by atoms with van der Waals surface area (Å²) in [4.78, 5) is 24.0. The fourth-order valence-corrected chi connectivity index (χ4v) is 2.09. The quantitative estimate of drug-likeness (QED) is 0.452. The summed E-state index contributed by atoms with van der Waals surface area (Å²) in [5, 5.41) is 9.57. The molecule has 0 heterocycles. The first-order valence-electron chi connectivity index (χ1n) is 6.74. The number of ether oxygens (including phenoxy) is 2. The molecule has 1 atom stereocenters. The third kappa shape index (κ3) is 3.58. The summed E-state index contributed by atoms with van der Waals surface area (Å²) in [5.74, 6) is -3.20. The monoisotopic (exact) mass is 298 g/mol. The maximum atomic E-state index is 14.0. The fraction of sp³-hybridized carbons (Fsp3) is 0.467. The van der Waals surface area contributed by atoms with Crippen molar-refractivity contribution >= 4 is 11.9 Å². The van der Waals surface area contributed by atoms with Gasteiger partial charge in [0.05, 0.1) is 6.61 Å². The highest BCUT2D eigenvalue weighted by molar-refractivity contribution is 6.05. The molecule has 1 aromatic rings. The number of hydrogen-bond donors (Lipinski definition) is 1. The van der Waals surface area contributed by atoms with Crippen molar-refractivity contribution in [2.75, 3.05) is 19.8 Å². The van der Waals surface area contributed by atoms with E-state index in [-0.39, 0.29) is 25.2 Å². The maximum absolute atomic E-state index is 14.0. The molecule has 0 saturated heterocycles. The van der Waals surface area contributed by atoms with Crippen molar-refractivity contribution in [2.45, 2.75) is 25.7 Å². The molecule has 116 valence electrons. The Bertz CT molecular complexity index is 503. The normalized spacial score (nSPS) is 13.5. The van der Waals surface area contributed by atoms with Gasteiger partial charge in [0.25, 0.3) is 0 Å². The molecule has 5 nitrogen and oxygen atoms in total. The van der Waals surface area contributed by atoms with E-state index in [1.807, 2.05) is 0 Å². The number of carboxylic acid groups (broad SMARTS) is 1.